The summed E-state index contributed by atoms with van der Waals surface area (Å²) in [7, 11) is -3.95. The number of esters is 1. The zero-order valence-electron chi connectivity index (χ0n) is 16.8. The first kappa shape index (κ1) is 20.5. The molecule has 9 heteroatoms. The van der Waals surface area contributed by atoms with Gasteiger partial charge in [0.15, 0.2) is 0 Å². The predicted molar refractivity (Wildman–Crippen MR) is 120 cm³/mol. The second kappa shape index (κ2) is 7.96. The number of anilines is 1. The molecule has 0 N–H and O–H groups in total. The number of sulfonamides is 1. The summed E-state index contributed by atoms with van der Waals surface area (Å²) < 4.78 is 35.2. The van der Waals surface area contributed by atoms with Crippen LogP contribution in [0.25, 0.3) is 5.65 Å². The van der Waals surface area contributed by atoms with Crippen LogP contribution >= 0.6 is 11.6 Å². The van der Waals surface area contributed by atoms with Gasteiger partial charge in [0.2, 0.25) is 0 Å². The van der Waals surface area contributed by atoms with E-state index in [4.69, 9.17) is 16.3 Å². The fourth-order valence-corrected chi connectivity index (χ4v) is 5.79. The number of pyridine rings is 1. The molecule has 2 aromatic carbocycles. The van der Waals surface area contributed by atoms with Gasteiger partial charge in [-0.1, -0.05) is 35.9 Å². The molecule has 162 valence electrons. The maximum absolute atomic E-state index is 13.3. The lowest BCUT2D eigenvalue weighted by Crippen LogP contribution is -2.29. The largest absolute Gasteiger partial charge is 0.456 e. The summed E-state index contributed by atoms with van der Waals surface area (Å²) in [5, 5.41) is 0.0475. The minimum absolute atomic E-state index is 0.0370. The lowest BCUT2D eigenvalue weighted by atomic mass is 10.2. The molecule has 0 spiro atoms. The number of imidazole rings is 1. The molecule has 0 radical (unpaired) electrons. The van der Waals surface area contributed by atoms with Gasteiger partial charge in [0.05, 0.1) is 22.0 Å². The predicted octanol–water partition coefficient (Wildman–Crippen LogP) is 4.10. The fourth-order valence-electron chi connectivity index (χ4n) is 3.78. The SMILES string of the molecule is O=C(OCc1cn2ccccc2n1)c1ccc(Cl)c(S(=O)(=O)N2CCc3ccccc32)c1. The van der Waals surface area contributed by atoms with E-state index in [9.17, 15) is 13.2 Å². The highest BCUT2D eigenvalue weighted by molar-refractivity contribution is 7.93. The maximum atomic E-state index is 13.3. The Morgan fingerprint density at radius 2 is 1.91 bits per heavy atom. The quantitative estimate of drug-likeness (QED) is 0.413. The van der Waals surface area contributed by atoms with Gasteiger partial charge in [-0.25, -0.2) is 18.2 Å². The van der Waals surface area contributed by atoms with E-state index in [0.717, 1.165) is 11.2 Å². The number of hydrogen-bond acceptors (Lipinski definition) is 5. The van der Waals surface area contributed by atoms with Crippen LogP contribution in [0.3, 0.4) is 0 Å². The van der Waals surface area contributed by atoms with Crippen molar-refractivity contribution in [3.05, 3.63) is 94.9 Å². The standard InChI is InChI=1S/C23H18ClN3O4S/c24-19-9-8-17(23(28)31-15-18-14-26-11-4-3-7-22(26)25-18)13-21(19)32(29,30)27-12-10-16-5-1-2-6-20(16)27/h1-9,11,13-14H,10,12,15H2. The Morgan fingerprint density at radius 1 is 1.09 bits per heavy atom. The van der Waals surface area contributed by atoms with E-state index in [-0.39, 0.29) is 22.1 Å². The van der Waals surface area contributed by atoms with Crippen molar-refractivity contribution >= 4 is 38.9 Å². The van der Waals surface area contributed by atoms with Crippen molar-refractivity contribution in [1.82, 2.24) is 9.38 Å². The first-order valence-electron chi connectivity index (χ1n) is 9.93. The smallest absolute Gasteiger partial charge is 0.338 e. The minimum Gasteiger partial charge on any atom is -0.456 e. The lowest BCUT2D eigenvalue weighted by Gasteiger charge is -2.20. The van der Waals surface area contributed by atoms with Gasteiger partial charge in [-0.05, 0) is 48.4 Å². The van der Waals surface area contributed by atoms with Crippen LogP contribution in [0.1, 0.15) is 21.6 Å². The normalized spacial score (nSPS) is 13.3. The molecule has 2 aromatic heterocycles. The third-order valence-corrected chi connectivity index (χ3v) is 7.64. The van der Waals surface area contributed by atoms with Crippen LogP contribution in [0, 0.1) is 0 Å². The van der Waals surface area contributed by atoms with Gasteiger partial charge in [0.25, 0.3) is 10.0 Å². The highest BCUT2D eigenvalue weighted by Crippen LogP contribution is 2.35. The number of fused-ring (bicyclic) bond motifs is 2. The number of nitrogens with zero attached hydrogens (tertiary/aromatic N) is 3. The number of hydrogen-bond donors (Lipinski definition) is 0. The Hall–Kier alpha value is -3.36. The molecule has 0 saturated heterocycles. The highest BCUT2D eigenvalue weighted by atomic mass is 35.5. The molecule has 0 atom stereocenters. The Kier molecular flexibility index (Phi) is 5.11. The van der Waals surface area contributed by atoms with Crippen molar-refractivity contribution in [2.45, 2.75) is 17.9 Å². The van der Waals surface area contributed by atoms with E-state index in [1.165, 1.54) is 22.5 Å². The van der Waals surface area contributed by atoms with E-state index in [1.54, 1.807) is 18.3 Å². The van der Waals surface area contributed by atoms with Crippen molar-refractivity contribution in [2.75, 3.05) is 10.8 Å². The average Bonchev–Trinajstić information content (AvgIpc) is 3.42. The van der Waals surface area contributed by atoms with Crippen LogP contribution in [-0.4, -0.2) is 30.3 Å². The molecule has 0 amide bonds. The number of para-hydroxylation sites is 1. The molecule has 3 heterocycles. The number of rotatable bonds is 5. The first-order valence-corrected chi connectivity index (χ1v) is 11.8. The molecule has 0 saturated carbocycles. The van der Waals surface area contributed by atoms with Crippen LogP contribution in [0.4, 0.5) is 5.69 Å². The molecule has 32 heavy (non-hydrogen) atoms. The Labute approximate surface area is 189 Å². The van der Waals surface area contributed by atoms with Gasteiger partial charge >= 0.3 is 5.97 Å². The number of halogens is 1. The number of benzene rings is 2. The summed E-state index contributed by atoms with van der Waals surface area (Å²) in [4.78, 5) is 16.9. The minimum atomic E-state index is -3.95. The van der Waals surface area contributed by atoms with E-state index in [2.05, 4.69) is 4.98 Å². The van der Waals surface area contributed by atoms with Crippen molar-refractivity contribution in [1.29, 1.82) is 0 Å². The average molecular weight is 468 g/mol. The van der Waals surface area contributed by atoms with E-state index >= 15 is 0 Å². The summed E-state index contributed by atoms with van der Waals surface area (Å²) in [6, 6.07) is 17.0. The Morgan fingerprint density at radius 3 is 2.75 bits per heavy atom. The molecule has 0 fully saturated rings. The topological polar surface area (TPSA) is 81.0 Å². The van der Waals surface area contributed by atoms with Gasteiger partial charge in [-0.15, -0.1) is 0 Å². The number of carbonyl (C=O) groups is 1. The van der Waals surface area contributed by atoms with Crippen LogP contribution in [-0.2, 0) is 27.8 Å². The van der Waals surface area contributed by atoms with Gasteiger partial charge in [-0.3, -0.25) is 4.31 Å². The number of aromatic nitrogens is 2. The van der Waals surface area contributed by atoms with Crippen LogP contribution < -0.4 is 4.31 Å². The summed E-state index contributed by atoms with van der Waals surface area (Å²) >= 11 is 6.24. The zero-order chi connectivity index (χ0) is 22.3. The van der Waals surface area contributed by atoms with Gasteiger partial charge in [-0.2, -0.15) is 0 Å². The Bertz CT molecular complexity index is 1420. The van der Waals surface area contributed by atoms with Crippen LogP contribution in [0.15, 0.2) is 78.0 Å². The molecular formula is C23H18ClN3O4S. The maximum Gasteiger partial charge on any atom is 0.338 e. The van der Waals surface area contributed by atoms with Crippen molar-refractivity contribution in [3.63, 3.8) is 0 Å². The van der Waals surface area contributed by atoms with Crippen LogP contribution in [0.5, 0.6) is 0 Å². The van der Waals surface area contributed by atoms with E-state index < -0.39 is 16.0 Å². The summed E-state index contributed by atoms with van der Waals surface area (Å²) in [6.07, 6.45) is 4.24. The third kappa shape index (κ3) is 3.61. The zero-order valence-corrected chi connectivity index (χ0v) is 18.4. The number of carbonyl (C=O) groups excluding carboxylic acids is 1. The molecule has 1 aliphatic rings. The first-order chi connectivity index (χ1) is 15.4. The molecular weight excluding hydrogens is 450 g/mol. The molecule has 4 aromatic rings. The molecule has 1 aliphatic heterocycles. The molecule has 7 nitrogen and oxygen atoms in total. The van der Waals surface area contributed by atoms with Gasteiger partial charge in [0, 0.05) is 18.9 Å². The van der Waals surface area contributed by atoms with E-state index in [0.29, 0.717) is 24.3 Å². The van der Waals surface area contributed by atoms with Gasteiger partial charge < -0.3 is 9.14 Å². The molecule has 5 rings (SSSR count). The monoisotopic (exact) mass is 467 g/mol. The summed E-state index contributed by atoms with van der Waals surface area (Å²) in [5.41, 5.74) is 3.01. The summed E-state index contributed by atoms with van der Waals surface area (Å²) in [5.74, 6) is -0.656. The second-order valence-electron chi connectivity index (χ2n) is 7.38. The summed E-state index contributed by atoms with van der Waals surface area (Å²) in [6.45, 7) is 0.283. The van der Waals surface area contributed by atoms with Crippen molar-refractivity contribution in [3.8, 4) is 0 Å². The van der Waals surface area contributed by atoms with E-state index in [1.807, 2.05) is 40.9 Å². The lowest BCUT2D eigenvalue weighted by molar-refractivity contribution is 0.0468. The second-order valence-corrected chi connectivity index (χ2v) is 9.61. The van der Waals surface area contributed by atoms with Crippen LogP contribution in [0.2, 0.25) is 5.02 Å². The van der Waals surface area contributed by atoms with Crippen molar-refractivity contribution in [2.24, 2.45) is 0 Å². The fraction of sp³-hybridized carbons (Fsp3) is 0.130. The number of ether oxygens (including phenoxy) is 1. The molecule has 0 unspecified atom stereocenters. The third-order valence-electron chi connectivity index (χ3n) is 5.34. The molecule has 0 aliphatic carbocycles. The highest BCUT2D eigenvalue weighted by Gasteiger charge is 2.32. The Balaban J connectivity index is 1.39. The van der Waals surface area contributed by atoms with Crippen molar-refractivity contribution < 1.29 is 17.9 Å². The van der Waals surface area contributed by atoms with Gasteiger partial charge in [0.1, 0.15) is 17.1 Å². The molecule has 0 bridgehead atoms.